The normalized spacial score (nSPS) is 18.0. The van der Waals surface area contributed by atoms with Gasteiger partial charge >= 0.3 is 6.03 Å². The van der Waals surface area contributed by atoms with Gasteiger partial charge in [0.1, 0.15) is 11.1 Å². The molecule has 1 N–H and O–H groups in total. The highest BCUT2D eigenvalue weighted by Crippen LogP contribution is 2.42. The molecule has 136 valence electrons. The molecule has 1 unspecified atom stereocenters. The molecule has 0 saturated carbocycles. The van der Waals surface area contributed by atoms with Crippen LogP contribution in [0.3, 0.4) is 0 Å². The van der Waals surface area contributed by atoms with Gasteiger partial charge in [-0.1, -0.05) is 18.2 Å². The third-order valence-corrected chi connectivity index (χ3v) is 5.52. The zero-order valence-electron chi connectivity index (χ0n) is 14.4. The van der Waals surface area contributed by atoms with Crippen molar-refractivity contribution in [2.45, 2.75) is 12.3 Å². The van der Waals surface area contributed by atoms with Gasteiger partial charge in [-0.05, 0) is 36.8 Å². The Bertz CT molecular complexity index is 814. The van der Waals surface area contributed by atoms with Crippen molar-refractivity contribution in [3.8, 4) is 17.2 Å². The van der Waals surface area contributed by atoms with Crippen molar-refractivity contribution in [1.29, 1.82) is 0 Å². The molecule has 4 rings (SSSR count). The van der Waals surface area contributed by atoms with E-state index in [4.69, 9.17) is 14.2 Å². The average molecular weight is 372 g/mol. The maximum atomic E-state index is 12.9. The molecule has 2 aromatic carbocycles. The monoisotopic (exact) mass is 372 g/mol. The molecule has 2 aliphatic rings. The summed E-state index contributed by atoms with van der Waals surface area (Å²) >= 11 is 1.74. The molecule has 7 heteroatoms. The van der Waals surface area contributed by atoms with Crippen molar-refractivity contribution in [2.24, 2.45) is 0 Å². The maximum absolute atomic E-state index is 12.9. The molecule has 2 amide bonds. The van der Waals surface area contributed by atoms with E-state index in [1.165, 1.54) is 0 Å². The molecule has 6 nitrogen and oxygen atoms in total. The lowest BCUT2D eigenvalue weighted by Crippen LogP contribution is -2.34. The number of anilines is 1. The van der Waals surface area contributed by atoms with Crippen molar-refractivity contribution >= 4 is 23.5 Å². The van der Waals surface area contributed by atoms with Crippen LogP contribution in [-0.2, 0) is 0 Å². The van der Waals surface area contributed by atoms with E-state index in [1.807, 2.05) is 54.3 Å². The Kier molecular flexibility index (Phi) is 4.79. The molecule has 1 saturated heterocycles. The molecule has 0 spiro atoms. The Hall–Kier alpha value is -2.54. The largest absolute Gasteiger partial charge is 0.492 e. The third kappa shape index (κ3) is 3.26. The van der Waals surface area contributed by atoms with Gasteiger partial charge in [0.15, 0.2) is 11.5 Å². The number of nitrogens with zero attached hydrogens (tertiary/aromatic N) is 1. The van der Waals surface area contributed by atoms with Crippen molar-refractivity contribution in [2.75, 3.05) is 31.0 Å². The van der Waals surface area contributed by atoms with Gasteiger partial charge in [0, 0.05) is 12.3 Å². The first kappa shape index (κ1) is 16.9. The van der Waals surface area contributed by atoms with E-state index in [1.54, 1.807) is 11.8 Å². The van der Waals surface area contributed by atoms with Gasteiger partial charge in [-0.3, -0.25) is 0 Å². The molecule has 26 heavy (non-hydrogen) atoms. The summed E-state index contributed by atoms with van der Waals surface area (Å²) in [6.07, 6.45) is 0. The van der Waals surface area contributed by atoms with E-state index >= 15 is 0 Å². The number of amides is 2. The summed E-state index contributed by atoms with van der Waals surface area (Å²) in [5.74, 6) is 3.05. The number of ether oxygens (including phenoxy) is 3. The Morgan fingerprint density at radius 1 is 1.27 bits per heavy atom. The first-order valence-electron chi connectivity index (χ1n) is 8.57. The van der Waals surface area contributed by atoms with Crippen molar-refractivity contribution in [1.82, 2.24) is 4.90 Å². The van der Waals surface area contributed by atoms with Crippen LogP contribution >= 0.6 is 11.8 Å². The highest BCUT2D eigenvalue weighted by Gasteiger charge is 2.32. The Balaban J connectivity index is 1.52. The predicted molar refractivity (Wildman–Crippen MR) is 101 cm³/mol. The van der Waals surface area contributed by atoms with Gasteiger partial charge in [0.05, 0.1) is 12.3 Å². The quantitative estimate of drug-likeness (QED) is 0.876. The van der Waals surface area contributed by atoms with Crippen LogP contribution in [0.4, 0.5) is 10.5 Å². The van der Waals surface area contributed by atoms with Crippen molar-refractivity contribution < 1.29 is 19.0 Å². The number of carbonyl (C=O) groups is 1. The molecule has 1 fully saturated rings. The second kappa shape index (κ2) is 7.37. The SMILES string of the molecule is CCOc1ccccc1NC(=O)N1CCSC1c1ccc2c(c1)OCO2. The second-order valence-corrected chi connectivity index (χ2v) is 7.08. The number of thioether (sulfide) groups is 1. The van der Waals surface area contributed by atoms with Crippen LogP contribution < -0.4 is 19.5 Å². The molecule has 0 aromatic heterocycles. The van der Waals surface area contributed by atoms with Gasteiger partial charge in [-0.15, -0.1) is 11.8 Å². The Morgan fingerprint density at radius 3 is 3.00 bits per heavy atom. The minimum atomic E-state index is -0.134. The number of para-hydroxylation sites is 2. The van der Waals surface area contributed by atoms with E-state index in [9.17, 15) is 4.79 Å². The van der Waals surface area contributed by atoms with Crippen LogP contribution in [0, 0.1) is 0 Å². The predicted octanol–water partition coefficient (Wildman–Crippen LogP) is 4.09. The van der Waals surface area contributed by atoms with E-state index in [0.717, 1.165) is 22.8 Å². The maximum Gasteiger partial charge on any atom is 0.323 e. The van der Waals surface area contributed by atoms with Crippen LogP contribution in [-0.4, -0.2) is 36.6 Å². The van der Waals surface area contributed by atoms with Crippen LogP contribution in [0.5, 0.6) is 17.2 Å². The summed E-state index contributed by atoms with van der Waals surface area (Å²) in [4.78, 5) is 14.7. The fourth-order valence-electron chi connectivity index (χ4n) is 3.06. The lowest BCUT2D eigenvalue weighted by molar-refractivity contribution is 0.174. The van der Waals surface area contributed by atoms with E-state index < -0.39 is 0 Å². The third-order valence-electron chi connectivity index (χ3n) is 4.26. The number of nitrogens with one attached hydrogen (secondary N) is 1. The topological polar surface area (TPSA) is 60.0 Å². The van der Waals surface area contributed by atoms with Crippen LogP contribution in [0.2, 0.25) is 0 Å². The van der Waals surface area contributed by atoms with Crippen molar-refractivity contribution in [3.63, 3.8) is 0 Å². The first-order chi connectivity index (χ1) is 12.8. The van der Waals surface area contributed by atoms with E-state index in [0.29, 0.717) is 24.6 Å². The van der Waals surface area contributed by atoms with Crippen molar-refractivity contribution in [3.05, 3.63) is 48.0 Å². The molecule has 0 aliphatic carbocycles. The number of hydrogen-bond donors (Lipinski definition) is 1. The Labute approximate surface area is 156 Å². The van der Waals surface area contributed by atoms with Gasteiger partial charge in [0.2, 0.25) is 6.79 Å². The highest BCUT2D eigenvalue weighted by atomic mass is 32.2. The standard InChI is InChI=1S/C19H20N2O4S/c1-2-23-15-6-4-3-5-14(15)20-19(22)21-9-10-26-18(21)13-7-8-16-17(11-13)25-12-24-16/h3-8,11,18H,2,9-10,12H2,1H3,(H,20,22). The number of hydrogen-bond acceptors (Lipinski definition) is 5. The van der Waals surface area contributed by atoms with Crippen LogP contribution in [0.15, 0.2) is 42.5 Å². The second-order valence-electron chi connectivity index (χ2n) is 5.89. The smallest absolute Gasteiger partial charge is 0.323 e. The number of rotatable bonds is 4. The molecule has 2 aromatic rings. The molecule has 0 radical (unpaired) electrons. The number of benzene rings is 2. The molecular formula is C19H20N2O4S. The van der Waals surface area contributed by atoms with E-state index in [-0.39, 0.29) is 18.2 Å². The molecule has 2 heterocycles. The average Bonchev–Trinajstić information content (AvgIpc) is 3.32. The lowest BCUT2D eigenvalue weighted by atomic mass is 10.2. The minimum absolute atomic E-state index is 0.0521. The summed E-state index contributed by atoms with van der Waals surface area (Å²) < 4.78 is 16.4. The van der Waals surface area contributed by atoms with Crippen LogP contribution in [0.1, 0.15) is 17.9 Å². The summed E-state index contributed by atoms with van der Waals surface area (Å²) in [6, 6.07) is 13.2. The fraction of sp³-hybridized carbons (Fsp3) is 0.316. The highest BCUT2D eigenvalue weighted by molar-refractivity contribution is 7.99. The first-order valence-corrected chi connectivity index (χ1v) is 9.61. The zero-order valence-corrected chi connectivity index (χ0v) is 15.3. The fourth-order valence-corrected chi connectivity index (χ4v) is 4.30. The number of urea groups is 1. The van der Waals surface area contributed by atoms with Gasteiger partial charge in [-0.25, -0.2) is 4.79 Å². The van der Waals surface area contributed by atoms with E-state index in [2.05, 4.69) is 5.32 Å². The molecular weight excluding hydrogens is 352 g/mol. The van der Waals surface area contributed by atoms with Gasteiger partial charge in [-0.2, -0.15) is 0 Å². The number of carbonyl (C=O) groups excluding carboxylic acids is 1. The number of fused-ring (bicyclic) bond motifs is 1. The molecule has 1 atom stereocenters. The summed E-state index contributed by atoms with van der Waals surface area (Å²) in [5, 5.41) is 2.93. The molecule has 0 bridgehead atoms. The zero-order chi connectivity index (χ0) is 17.9. The summed E-state index contributed by atoms with van der Waals surface area (Å²) in [6.45, 7) is 3.40. The minimum Gasteiger partial charge on any atom is -0.492 e. The van der Waals surface area contributed by atoms with Crippen LogP contribution in [0.25, 0.3) is 0 Å². The molecule has 2 aliphatic heterocycles. The van der Waals surface area contributed by atoms with Gasteiger partial charge < -0.3 is 24.4 Å². The summed E-state index contributed by atoms with van der Waals surface area (Å²) in [5.41, 5.74) is 1.71. The Morgan fingerprint density at radius 2 is 2.12 bits per heavy atom. The lowest BCUT2D eigenvalue weighted by Gasteiger charge is -2.25. The summed E-state index contributed by atoms with van der Waals surface area (Å²) in [7, 11) is 0. The van der Waals surface area contributed by atoms with Gasteiger partial charge in [0.25, 0.3) is 0 Å².